The number of rotatable bonds is 6. The van der Waals surface area contributed by atoms with Crippen molar-refractivity contribution in [3.8, 4) is 22.9 Å². The summed E-state index contributed by atoms with van der Waals surface area (Å²) in [6.45, 7) is 0.0117. The van der Waals surface area contributed by atoms with E-state index in [0.717, 1.165) is 22.4 Å². The zero-order chi connectivity index (χ0) is 20.3. The van der Waals surface area contributed by atoms with Gasteiger partial charge in [0.05, 0.1) is 32.4 Å². The predicted molar refractivity (Wildman–Crippen MR) is 107 cm³/mol. The quantitative estimate of drug-likeness (QED) is 0.832. The molecule has 146 valence electrons. The maximum absolute atomic E-state index is 12.6. The van der Waals surface area contributed by atoms with Crippen molar-refractivity contribution >= 4 is 5.91 Å². The van der Waals surface area contributed by atoms with Gasteiger partial charge in [-0.15, -0.1) is 0 Å². The average molecular weight is 379 g/mol. The molecule has 0 aromatic heterocycles. The molecule has 6 nitrogen and oxygen atoms in total. The molecule has 0 saturated carbocycles. The topological polar surface area (TPSA) is 76.8 Å². The van der Waals surface area contributed by atoms with Crippen molar-refractivity contribution in [3.05, 3.63) is 54.1 Å². The van der Waals surface area contributed by atoms with Crippen molar-refractivity contribution < 1.29 is 14.6 Å². The van der Waals surface area contributed by atoms with Gasteiger partial charge >= 0.3 is 0 Å². The lowest BCUT2D eigenvalue weighted by molar-refractivity contribution is -0.147. The third-order valence-electron chi connectivity index (χ3n) is 5.19. The van der Waals surface area contributed by atoms with Crippen LogP contribution in [0.4, 0.5) is 0 Å². The number of para-hydroxylation sites is 1. The summed E-state index contributed by atoms with van der Waals surface area (Å²) in [5, 5.41) is 19.8. The molecule has 3 rings (SSSR count). The number of aliphatic hydroxyl groups excluding tert-OH is 1. The highest BCUT2D eigenvalue weighted by Crippen LogP contribution is 2.45. The van der Waals surface area contributed by atoms with E-state index in [4.69, 9.17) is 4.74 Å². The van der Waals surface area contributed by atoms with E-state index in [0.29, 0.717) is 0 Å². The number of carbonyl (C=O) groups excluding carboxylic acids is 1. The second kappa shape index (κ2) is 8.42. The smallest absolute Gasteiger partial charge is 0.238 e. The summed E-state index contributed by atoms with van der Waals surface area (Å²) in [5.74, 6) is 0.327. The largest absolute Gasteiger partial charge is 0.496 e. The third kappa shape index (κ3) is 3.47. The number of aliphatic hydroxyl groups is 1. The molecular weight excluding hydrogens is 354 g/mol. The van der Waals surface area contributed by atoms with Gasteiger partial charge in [-0.25, -0.2) is 0 Å². The third-order valence-corrected chi connectivity index (χ3v) is 5.19. The van der Waals surface area contributed by atoms with Crippen LogP contribution in [0.3, 0.4) is 0 Å². The van der Waals surface area contributed by atoms with Crippen LogP contribution < -0.4 is 4.74 Å². The first-order valence-electron chi connectivity index (χ1n) is 9.22. The van der Waals surface area contributed by atoms with Gasteiger partial charge in [-0.3, -0.25) is 4.79 Å². The molecule has 1 aliphatic rings. The highest BCUT2D eigenvalue weighted by molar-refractivity contribution is 5.82. The monoisotopic (exact) mass is 379 g/mol. The Morgan fingerprint density at radius 1 is 1.18 bits per heavy atom. The van der Waals surface area contributed by atoms with E-state index in [1.807, 2.05) is 62.6 Å². The number of amides is 1. The van der Waals surface area contributed by atoms with Crippen LogP contribution in [-0.2, 0) is 4.79 Å². The molecule has 1 fully saturated rings. The van der Waals surface area contributed by atoms with Crippen LogP contribution in [0.2, 0.25) is 0 Å². The number of benzene rings is 2. The molecule has 0 unspecified atom stereocenters. The van der Waals surface area contributed by atoms with Gasteiger partial charge in [0.2, 0.25) is 5.91 Å². The fourth-order valence-electron chi connectivity index (χ4n) is 3.98. The second-order valence-electron chi connectivity index (χ2n) is 7.18. The lowest BCUT2D eigenvalue weighted by Gasteiger charge is -2.52. The summed E-state index contributed by atoms with van der Waals surface area (Å²) in [7, 11) is 5.24. The van der Waals surface area contributed by atoms with Gasteiger partial charge in [0, 0.05) is 11.5 Å². The molecule has 1 saturated heterocycles. The van der Waals surface area contributed by atoms with Crippen molar-refractivity contribution in [3.63, 3.8) is 0 Å². The van der Waals surface area contributed by atoms with Gasteiger partial charge in [-0.1, -0.05) is 42.5 Å². The molecule has 2 aromatic rings. The predicted octanol–water partition coefficient (Wildman–Crippen LogP) is 2.10. The first-order valence-corrected chi connectivity index (χ1v) is 9.22. The van der Waals surface area contributed by atoms with Crippen molar-refractivity contribution in [1.29, 1.82) is 5.26 Å². The Labute approximate surface area is 165 Å². The minimum atomic E-state index is -0.611. The number of hydrogen-bond acceptors (Lipinski definition) is 5. The van der Waals surface area contributed by atoms with Crippen molar-refractivity contribution in [2.75, 3.05) is 34.4 Å². The molecule has 3 atom stereocenters. The van der Waals surface area contributed by atoms with Gasteiger partial charge in [0.15, 0.2) is 0 Å². The van der Waals surface area contributed by atoms with Crippen LogP contribution in [0.15, 0.2) is 48.5 Å². The van der Waals surface area contributed by atoms with E-state index >= 15 is 0 Å². The highest BCUT2D eigenvalue weighted by atomic mass is 16.5. The number of ether oxygens (including phenoxy) is 1. The molecule has 0 spiro atoms. The molecule has 1 aliphatic heterocycles. The van der Waals surface area contributed by atoms with Gasteiger partial charge < -0.3 is 19.6 Å². The van der Waals surface area contributed by atoms with Crippen molar-refractivity contribution in [2.24, 2.45) is 0 Å². The Kier molecular flexibility index (Phi) is 5.98. The number of likely N-dealkylation sites (tertiary alicyclic amines) is 1. The maximum Gasteiger partial charge on any atom is 0.238 e. The molecule has 28 heavy (non-hydrogen) atoms. The van der Waals surface area contributed by atoms with Crippen LogP contribution in [0.1, 0.15) is 11.5 Å². The van der Waals surface area contributed by atoms with E-state index < -0.39 is 12.1 Å². The lowest BCUT2D eigenvalue weighted by Crippen LogP contribution is -2.66. The van der Waals surface area contributed by atoms with Gasteiger partial charge in [0.25, 0.3) is 0 Å². The fraction of sp³-hybridized carbons (Fsp3) is 0.364. The molecule has 0 bridgehead atoms. The molecule has 0 aliphatic carbocycles. The Morgan fingerprint density at radius 2 is 1.82 bits per heavy atom. The minimum absolute atomic E-state index is 0.151. The summed E-state index contributed by atoms with van der Waals surface area (Å²) in [6.07, 6.45) is 0. The summed E-state index contributed by atoms with van der Waals surface area (Å²) in [5.41, 5.74) is 2.81. The van der Waals surface area contributed by atoms with E-state index in [1.165, 1.54) is 4.90 Å². The Bertz CT molecular complexity index is 891. The van der Waals surface area contributed by atoms with Crippen LogP contribution in [0.25, 0.3) is 11.1 Å². The van der Waals surface area contributed by atoms with Gasteiger partial charge in [0.1, 0.15) is 11.8 Å². The zero-order valence-electron chi connectivity index (χ0n) is 16.4. The van der Waals surface area contributed by atoms with Gasteiger partial charge in [-0.2, -0.15) is 5.26 Å². The Hall–Kier alpha value is -2.88. The van der Waals surface area contributed by atoms with E-state index in [2.05, 4.69) is 6.07 Å². The SMILES string of the molecule is COc1ccccc1-c1ccccc1[C@H]1[C@@H](CO)N(C(=O)CN(C)C)[C@H]1C#N. The lowest BCUT2D eigenvalue weighted by atomic mass is 9.73. The number of carbonyl (C=O) groups is 1. The summed E-state index contributed by atoms with van der Waals surface area (Å²) < 4.78 is 5.51. The fourth-order valence-corrected chi connectivity index (χ4v) is 3.98. The molecule has 1 heterocycles. The second-order valence-corrected chi connectivity index (χ2v) is 7.18. The molecular formula is C22H25N3O3. The summed E-state index contributed by atoms with van der Waals surface area (Å²) in [4.78, 5) is 15.9. The number of methoxy groups -OCH3 is 1. The van der Waals surface area contributed by atoms with E-state index in [-0.39, 0.29) is 25.0 Å². The molecule has 0 radical (unpaired) electrons. The molecule has 1 N–H and O–H groups in total. The first kappa shape index (κ1) is 19.9. The van der Waals surface area contributed by atoms with Crippen molar-refractivity contribution in [1.82, 2.24) is 9.80 Å². The normalized spacial score (nSPS) is 21.1. The van der Waals surface area contributed by atoms with Crippen LogP contribution in [0, 0.1) is 11.3 Å². The number of nitriles is 1. The Morgan fingerprint density at radius 3 is 2.43 bits per heavy atom. The molecule has 2 aromatic carbocycles. The molecule has 1 amide bonds. The van der Waals surface area contributed by atoms with Crippen LogP contribution in [0.5, 0.6) is 5.75 Å². The zero-order valence-corrected chi connectivity index (χ0v) is 16.4. The summed E-state index contributed by atoms with van der Waals surface area (Å²) in [6, 6.07) is 16.8. The standard InChI is InChI=1S/C22H25N3O3/c1-24(2)13-21(27)25-18(12-23)22(19(25)14-26)17-10-5-4-8-15(17)16-9-6-7-11-20(16)28-3/h4-11,18-19,22,26H,13-14H2,1-3H3/t18-,19+,22+/m0/s1. The maximum atomic E-state index is 12.6. The minimum Gasteiger partial charge on any atom is -0.496 e. The average Bonchev–Trinajstić information content (AvgIpc) is 2.67. The summed E-state index contributed by atoms with van der Waals surface area (Å²) >= 11 is 0. The van der Waals surface area contributed by atoms with Gasteiger partial charge in [-0.05, 0) is 31.3 Å². The van der Waals surface area contributed by atoms with Crippen molar-refractivity contribution in [2.45, 2.75) is 18.0 Å². The highest BCUT2D eigenvalue weighted by Gasteiger charge is 2.52. The first-order chi connectivity index (χ1) is 13.5. The number of likely N-dealkylation sites (N-methyl/N-ethyl adjacent to an activating group) is 1. The molecule has 6 heteroatoms. The number of hydrogen-bond donors (Lipinski definition) is 1. The van der Waals surface area contributed by atoms with E-state index in [9.17, 15) is 15.2 Å². The van der Waals surface area contributed by atoms with Crippen LogP contribution >= 0.6 is 0 Å². The number of nitrogens with zero attached hydrogens (tertiary/aromatic N) is 3. The van der Waals surface area contributed by atoms with E-state index in [1.54, 1.807) is 12.0 Å². The van der Waals surface area contributed by atoms with Crippen LogP contribution in [-0.4, -0.2) is 67.3 Å². The Balaban J connectivity index is 2.02.